The lowest BCUT2D eigenvalue weighted by atomic mass is 10.2. The molecule has 0 aromatic carbocycles. The van der Waals surface area contributed by atoms with Gasteiger partial charge in [0, 0.05) is 19.7 Å². The molecule has 106 valence electrons. The van der Waals surface area contributed by atoms with E-state index < -0.39 is 5.60 Å². The second-order valence-corrected chi connectivity index (χ2v) is 5.60. The molecule has 5 nitrogen and oxygen atoms in total. The molecule has 1 atom stereocenters. The summed E-state index contributed by atoms with van der Waals surface area (Å²) in [4.78, 5) is 11.3. The van der Waals surface area contributed by atoms with Crippen LogP contribution in [0.25, 0.3) is 0 Å². The van der Waals surface area contributed by atoms with E-state index in [1.54, 1.807) is 0 Å². The summed E-state index contributed by atoms with van der Waals surface area (Å²) in [5.41, 5.74) is -0.433. The van der Waals surface area contributed by atoms with E-state index in [1.807, 2.05) is 20.8 Å². The normalized spacial score (nSPS) is 19.8. The maximum Gasteiger partial charge on any atom is 0.407 e. The van der Waals surface area contributed by atoms with Gasteiger partial charge in [-0.1, -0.05) is 0 Å². The van der Waals surface area contributed by atoms with E-state index in [9.17, 15) is 4.79 Å². The molecule has 0 spiro atoms. The topological polar surface area (TPSA) is 59.6 Å². The van der Waals surface area contributed by atoms with Gasteiger partial charge in [-0.15, -0.1) is 0 Å². The van der Waals surface area contributed by atoms with Crippen LogP contribution in [0.15, 0.2) is 0 Å². The van der Waals surface area contributed by atoms with Crippen LogP contribution in [0.1, 0.15) is 40.0 Å². The number of alkyl carbamates (subject to hydrolysis) is 1. The van der Waals surface area contributed by atoms with Gasteiger partial charge in [0.1, 0.15) is 5.60 Å². The number of carbonyl (C=O) groups excluding carboxylic acids is 1. The molecule has 0 aliphatic carbocycles. The first kappa shape index (κ1) is 15.2. The second kappa shape index (κ2) is 7.59. The number of ether oxygens (including phenoxy) is 2. The van der Waals surface area contributed by atoms with Crippen LogP contribution in [0, 0.1) is 0 Å². The molecule has 0 radical (unpaired) electrons. The minimum Gasteiger partial charge on any atom is -0.444 e. The molecule has 2 N–H and O–H groups in total. The van der Waals surface area contributed by atoms with Gasteiger partial charge in [0.2, 0.25) is 0 Å². The van der Waals surface area contributed by atoms with Crippen molar-refractivity contribution in [1.82, 2.24) is 10.6 Å². The number of hydrogen-bond donors (Lipinski definition) is 2. The first-order chi connectivity index (χ1) is 8.47. The summed E-state index contributed by atoms with van der Waals surface area (Å²) in [6.07, 6.45) is 3.48. The van der Waals surface area contributed by atoms with Crippen molar-refractivity contribution in [3.63, 3.8) is 0 Å². The Morgan fingerprint density at radius 2 is 2.11 bits per heavy atom. The van der Waals surface area contributed by atoms with Crippen molar-refractivity contribution < 1.29 is 14.3 Å². The largest absolute Gasteiger partial charge is 0.444 e. The quantitative estimate of drug-likeness (QED) is 0.712. The molecule has 18 heavy (non-hydrogen) atoms. The highest BCUT2D eigenvalue weighted by Gasteiger charge is 2.16. The van der Waals surface area contributed by atoms with Crippen molar-refractivity contribution in [2.24, 2.45) is 0 Å². The molecule has 0 aromatic heterocycles. The number of hydrogen-bond acceptors (Lipinski definition) is 4. The van der Waals surface area contributed by atoms with Gasteiger partial charge in [0.25, 0.3) is 0 Å². The summed E-state index contributed by atoms with van der Waals surface area (Å²) in [6, 6.07) is 0. The van der Waals surface area contributed by atoms with E-state index >= 15 is 0 Å². The van der Waals surface area contributed by atoms with Gasteiger partial charge in [-0.2, -0.15) is 0 Å². The van der Waals surface area contributed by atoms with Crippen molar-refractivity contribution in [2.75, 3.05) is 26.2 Å². The van der Waals surface area contributed by atoms with Gasteiger partial charge >= 0.3 is 6.09 Å². The van der Waals surface area contributed by atoms with Crippen molar-refractivity contribution in [3.8, 4) is 0 Å². The Kier molecular flexibility index (Phi) is 6.43. The Hall–Kier alpha value is -0.810. The lowest BCUT2D eigenvalue weighted by molar-refractivity contribution is 0.0528. The molecule has 1 aliphatic heterocycles. The van der Waals surface area contributed by atoms with Crippen molar-refractivity contribution in [1.29, 1.82) is 0 Å². The minimum absolute atomic E-state index is 0.358. The molecule has 0 aromatic rings. The number of carbonyl (C=O) groups is 1. The van der Waals surface area contributed by atoms with Gasteiger partial charge in [0.05, 0.1) is 6.10 Å². The standard InChI is InChI=1S/C13H26N2O3/c1-13(2,3)18-12(16)15-9-8-14-7-6-11-5-4-10-17-11/h11,14H,4-10H2,1-3H3,(H,15,16). The highest BCUT2D eigenvalue weighted by atomic mass is 16.6. The molecule has 0 saturated carbocycles. The fourth-order valence-electron chi connectivity index (χ4n) is 1.83. The van der Waals surface area contributed by atoms with Gasteiger partial charge < -0.3 is 20.1 Å². The zero-order valence-corrected chi connectivity index (χ0v) is 11.8. The molecule has 1 saturated heterocycles. The average molecular weight is 258 g/mol. The number of nitrogens with one attached hydrogen (secondary N) is 2. The molecule has 1 rings (SSSR count). The van der Waals surface area contributed by atoms with Crippen LogP contribution in [0.2, 0.25) is 0 Å². The van der Waals surface area contributed by atoms with Crippen LogP contribution in [-0.2, 0) is 9.47 Å². The van der Waals surface area contributed by atoms with E-state index in [4.69, 9.17) is 9.47 Å². The van der Waals surface area contributed by atoms with Gasteiger partial charge in [-0.05, 0) is 46.6 Å². The molecular formula is C13H26N2O3. The zero-order valence-electron chi connectivity index (χ0n) is 11.8. The first-order valence-electron chi connectivity index (χ1n) is 6.76. The zero-order chi connectivity index (χ0) is 13.4. The van der Waals surface area contributed by atoms with Crippen molar-refractivity contribution in [3.05, 3.63) is 0 Å². The molecule has 1 amide bonds. The molecular weight excluding hydrogens is 232 g/mol. The third-order valence-electron chi connectivity index (χ3n) is 2.64. The van der Waals surface area contributed by atoms with Crippen LogP contribution >= 0.6 is 0 Å². The first-order valence-corrected chi connectivity index (χ1v) is 6.76. The summed E-state index contributed by atoms with van der Waals surface area (Å²) in [6.45, 7) is 8.74. The third kappa shape index (κ3) is 7.50. The predicted molar refractivity (Wildman–Crippen MR) is 70.7 cm³/mol. The molecule has 1 unspecified atom stereocenters. The molecule has 5 heteroatoms. The fraction of sp³-hybridized carbons (Fsp3) is 0.923. The van der Waals surface area contributed by atoms with Crippen LogP contribution in [0.4, 0.5) is 4.79 Å². The van der Waals surface area contributed by atoms with E-state index in [1.165, 1.54) is 12.8 Å². The highest BCUT2D eigenvalue weighted by Crippen LogP contribution is 2.14. The number of rotatable bonds is 6. The summed E-state index contributed by atoms with van der Waals surface area (Å²) >= 11 is 0. The maximum absolute atomic E-state index is 11.3. The SMILES string of the molecule is CC(C)(C)OC(=O)NCCNCCC1CCCO1. The Morgan fingerprint density at radius 3 is 2.72 bits per heavy atom. The van der Waals surface area contributed by atoms with E-state index in [2.05, 4.69) is 10.6 Å². The van der Waals surface area contributed by atoms with Crippen LogP contribution in [0.5, 0.6) is 0 Å². The van der Waals surface area contributed by atoms with Gasteiger partial charge in [-0.3, -0.25) is 0 Å². The van der Waals surface area contributed by atoms with Crippen LogP contribution in [0.3, 0.4) is 0 Å². The smallest absolute Gasteiger partial charge is 0.407 e. The third-order valence-corrected chi connectivity index (χ3v) is 2.64. The lowest BCUT2D eigenvalue weighted by Crippen LogP contribution is -2.36. The summed E-state index contributed by atoms with van der Waals surface area (Å²) in [7, 11) is 0. The minimum atomic E-state index is -0.433. The second-order valence-electron chi connectivity index (χ2n) is 5.60. The highest BCUT2D eigenvalue weighted by molar-refractivity contribution is 5.67. The lowest BCUT2D eigenvalue weighted by Gasteiger charge is -2.19. The summed E-state index contributed by atoms with van der Waals surface area (Å²) in [5, 5.41) is 5.99. The molecule has 1 fully saturated rings. The maximum atomic E-state index is 11.3. The van der Waals surface area contributed by atoms with Crippen molar-refractivity contribution in [2.45, 2.75) is 51.7 Å². The van der Waals surface area contributed by atoms with Crippen LogP contribution in [-0.4, -0.2) is 44.0 Å². The van der Waals surface area contributed by atoms with Gasteiger partial charge in [0.15, 0.2) is 0 Å². The molecule has 1 heterocycles. The number of amides is 1. The van der Waals surface area contributed by atoms with E-state index in [0.29, 0.717) is 12.6 Å². The molecule has 0 bridgehead atoms. The van der Waals surface area contributed by atoms with Gasteiger partial charge in [-0.25, -0.2) is 4.79 Å². The van der Waals surface area contributed by atoms with Crippen LogP contribution < -0.4 is 10.6 Å². The Balaban J connectivity index is 1.90. The summed E-state index contributed by atoms with van der Waals surface area (Å²) in [5.74, 6) is 0. The predicted octanol–water partition coefficient (Wildman–Crippen LogP) is 1.67. The monoisotopic (exact) mass is 258 g/mol. The van der Waals surface area contributed by atoms with E-state index in [0.717, 1.165) is 26.1 Å². The Labute approximate surface area is 110 Å². The Morgan fingerprint density at radius 1 is 1.33 bits per heavy atom. The average Bonchev–Trinajstić information content (AvgIpc) is 2.73. The fourth-order valence-corrected chi connectivity index (χ4v) is 1.83. The Bertz CT molecular complexity index is 245. The summed E-state index contributed by atoms with van der Waals surface area (Å²) < 4.78 is 10.7. The molecule has 1 aliphatic rings. The van der Waals surface area contributed by atoms with E-state index in [-0.39, 0.29) is 6.09 Å². The van der Waals surface area contributed by atoms with Crippen molar-refractivity contribution >= 4 is 6.09 Å².